The molecule has 170 valence electrons. The van der Waals surface area contributed by atoms with E-state index in [1.54, 1.807) is 31.2 Å². The van der Waals surface area contributed by atoms with Gasteiger partial charge in [-0.2, -0.15) is 0 Å². The summed E-state index contributed by atoms with van der Waals surface area (Å²) in [6.07, 6.45) is 0. The first-order valence-corrected chi connectivity index (χ1v) is 11.6. The van der Waals surface area contributed by atoms with Gasteiger partial charge in [0.1, 0.15) is 16.5 Å². The van der Waals surface area contributed by atoms with Crippen LogP contribution in [0.2, 0.25) is 0 Å². The number of amides is 1. The molecule has 0 bridgehead atoms. The van der Waals surface area contributed by atoms with E-state index in [4.69, 9.17) is 4.74 Å². The van der Waals surface area contributed by atoms with Crippen molar-refractivity contribution in [3.63, 3.8) is 0 Å². The summed E-state index contributed by atoms with van der Waals surface area (Å²) in [6, 6.07) is 13.7. The minimum atomic E-state index is -0.815. The Kier molecular flexibility index (Phi) is 6.29. The molecule has 1 aliphatic rings. The fraction of sp³-hybridized carbons (Fsp3) is 0.280. The van der Waals surface area contributed by atoms with Crippen LogP contribution >= 0.6 is 11.3 Å². The van der Waals surface area contributed by atoms with Crippen molar-refractivity contribution in [2.45, 2.75) is 39.7 Å². The highest BCUT2D eigenvalue weighted by atomic mass is 32.1. The Morgan fingerprint density at radius 1 is 1.09 bits per heavy atom. The lowest BCUT2D eigenvalue weighted by Gasteiger charge is -2.23. The molecule has 2 aromatic carbocycles. The molecule has 2 heterocycles. The molecular weight excluding hydrogens is 438 g/mol. The fourth-order valence-electron chi connectivity index (χ4n) is 3.82. The van der Waals surface area contributed by atoms with E-state index in [0.717, 1.165) is 5.56 Å². The van der Waals surface area contributed by atoms with Gasteiger partial charge in [0.05, 0.1) is 18.2 Å². The second-order valence-corrected chi connectivity index (χ2v) is 9.21. The molecule has 33 heavy (non-hydrogen) atoms. The summed E-state index contributed by atoms with van der Waals surface area (Å²) in [7, 11) is 0. The van der Waals surface area contributed by atoms with Crippen molar-refractivity contribution in [2.24, 2.45) is 0 Å². The molecule has 4 rings (SSSR count). The van der Waals surface area contributed by atoms with Crippen LogP contribution in [0.25, 0.3) is 5.76 Å². The third kappa shape index (κ3) is 4.26. The summed E-state index contributed by atoms with van der Waals surface area (Å²) in [5.41, 5.74) is 2.29. The smallest absolute Gasteiger partial charge is 0.301 e. The van der Waals surface area contributed by atoms with Gasteiger partial charge in [-0.3, -0.25) is 14.5 Å². The molecule has 1 N–H and O–H groups in total. The minimum Gasteiger partial charge on any atom is -0.507 e. The lowest BCUT2D eigenvalue weighted by atomic mass is 9.93. The third-order valence-electron chi connectivity index (χ3n) is 5.52. The first-order valence-electron chi connectivity index (χ1n) is 10.8. The number of rotatable bonds is 6. The molecule has 0 saturated carbocycles. The van der Waals surface area contributed by atoms with Crippen molar-refractivity contribution >= 4 is 33.9 Å². The van der Waals surface area contributed by atoms with Crippen molar-refractivity contribution in [3.05, 3.63) is 75.8 Å². The summed E-state index contributed by atoms with van der Waals surface area (Å²) in [4.78, 5) is 27.6. The predicted molar refractivity (Wildman–Crippen MR) is 128 cm³/mol. The SMILES string of the molecule is CCOc1ccc(/C(O)=C2\C(=O)C(=O)N(c3nnc(C)s3)C2c2ccc(C(C)C)cc2)cc1. The number of hydrogen-bond acceptors (Lipinski definition) is 7. The number of benzene rings is 2. The first kappa shape index (κ1) is 22.7. The molecule has 1 aromatic heterocycles. The normalized spacial score (nSPS) is 17.7. The number of carbonyl (C=O) groups excluding carboxylic acids is 2. The van der Waals surface area contributed by atoms with E-state index in [9.17, 15) is 14.7 Å². The molecule has 1 aliphatic heterocycles. The summed E-state index contributed by atoms with van der Waals surface area (Å²) in [5.74, 6) is -0.749. The van der Waals surface area contributed by atoms with Crippen LogP contribution in [0.15, 0.2) is 54.1 Å². The van der Waals surface area contributed by atoms with Crippen LogP contribution in [-0.2, 0) is 9.59 Å². The number of ketones is 1. The number of nitrogens with zero attached hydrogens (tertiary/aromatic N) is 3. The minimum absolute atomic E-state index is 0.0225. The lowest BCUT2D eigenvalue weighted by Crippen LogP contribution is -2.29. The van der Waals surface area contributed by atoms with Crippen LogP contribution < -0.4 is 9.64 Å². The summed E-state index contributed by atoms with van der Waals surface area (Å²) in [5, 5.41) is 20.3. The molecule has 1 fully saturated rings. The number of hydrogen-bond donors (Lipinski definition) is 1. The number of anilines is 1. The second-order valence-electron chi connectivity index (χ2n) is 8.05. The van der Waals surface area contributed by atoms with E-state index in [-0.39, 0.29) is 11.3 Å². The first-order chi connectivity index (χ1) is 15.8. The van der Waals surface area contributed by atoms with Crippen LogP contribution in [0.3, 0.4) is 0 Å². The Morgan fingerprint density at radius 2 is 1.76 bits per heavy atom. The highest BCUT2D eigenvalue weighted by Gasteiger charge is 2.48. The van der Waals surface area contributed by atoms with E-state index < -0.39 is 17.7 Å². The Balaban J connectivity index is 1.86. The van der Waals surface area contributed by atoms with Gasteiger partial charge in [0.2, 0.25) is 5.13 Å². The van der Waals surface area contributed by atoms with E-state index in [2.05, 4.69) is 24.0 Å². The van der Waals surface area contributed by atoms with Crippen molar-refractivity contribution in [1.82, 2.24) is 10.2 Å². The maximum atomic E-state index is 13.2. The standard InChI is InChI=1S/C25H25N3O4S/c1-5-32-19-12-10-18(11-13-19)22(29)20-21(17-8-6-16(7-9-17)14(2)3)28(24(31)23(20)30)25-27-26-15(4)33-25/h6-14,21,29H,5H2,1-4H3/b22-20+. The number of aryl methyl sites for hydroxylation is 1. The molecule has 1 saturated heterocycles. The molecule has 0 radical (unpaired) electrons. The van der Waals surface area contributed by atoms with Gasteiger partial charge in [-0.25, -0.2) is 0 Å². The summed E-state index contributed by atoms with van der Waals surface area (Å²) in [6.45, 7) is 8.37. The monoisotopic (exact) mass is 463 g/mol. The molecule has 7 nitrogen and oxygen atoms in total. The average Bonchev–Trinajstić information content (AvgIpc) is 3.34. The van der Waals surface area contributed by atoms with Crippen molar-refractivity contribution in [2.75, 3.05) is 11.5 Å². The average molecular weight is 464 g/mol. The van der Waals surface area contributed by atoms with Gasteiger partial charge < -0.3 is 9.84 Å². The molecule has 0 spiro atoms. The molecule has 3 aromatic rings. The number of aromatic nitrogens is 2. The molecule has 0 aliphatic carbocycles. The van der Waals surface area contributed by atoms with Gasteiger partial charge in [0.25, 0.3) is 5.78 Å². The highest BCUT2D eigenvalue weighted by molar-refractivity contribution is 7.15. The Hall–Kier alpha value is -3.52. The number of aliphatic hydroxyl groups excluding tert-OH is 1. The topological polar surface area (TPSA) is 92.6 Å². The van der Waals surface area contributed by atoms with Crippen LogP contribution in [0.4, 0.5) is 5.13 Å². The third-order valence-corrected chi connectivity index (χ3v) is 6.36. The van der Waals surface area contributed by atoms with Crippen LogP contribution in [0.5, 0.6) is 5.75 Å². The van der Waals surface area contributed by atoms with E-state index in [1.807, 2.05) is 31.2 Å². The molecule has 8 heteroatoms. The number of ether oxygens (including phenoxy) is 1. The Labute approximate surface area is 196 Å². The van der Waals surface area contributed by atoms with E-state index in [1.165, 1.54) is 16.2 Å². The molecular formula is C25H25N3O4S. The van der Waals surface area contributed by atoms with Crippen molar-refractivity contribution < 1.29 is 19.4 Å². The number of aliphatic hydroxyl groups is 1. The van der Waals surface area contributed by atoms with E-state index >= 15 is 0 Å². The highest BCUT2D eigenvalue weighted by Crippen LogP contribution is 2.43. The maximum Gasteiger partial charge on any atom is 0.301 e. The molecule has 1 unspecified atom stereocenters. The zero-order valence-electron chi connectivity index (χ0n) is 18.9. The van der Waals surface area contributed by atoms with Gasteiger partial charge in [-0.1, -0.05) is 49.4 Å². The quantitative estimate of drug-likeness (QED) is 0.314. The van der Waals surface area contributed by atoms with Crippen LogP contribution in [0.1, 0.15) is 54.4 Å². The van der Waals surface area contributed by atoms with Crippen LogP contribution in [-0.4, -0.2) is 33.6 Å². The number of Topliss-reactive ketones (excluding diaryl/α,β-unsaturated/α-hetero) is 1. The van der Waals surface area contributed by atoms with E-state index in [0.29, 0.717) is 39.5 Å². The summed E-state index contributed by atoms with van der Waals surface area (Å²) < 4.78 is 5.46. The predicted octanol–water partition coefficient (Wildman–Crippen LogP) is 4.99. The van der Waals surface area contributed by atoms with Gasteiger partial charge in [0.15, 0.2) is 0 Å². The molecule has 1 atom stereocenters. The van der Waals surface area contributed by atoms with Gasteiger partial charge in [-0.05, 0) is 55.2 Å². The lowest BCUT2D eigenvalue weighted by molar-refractivity contribution is -0.132. The van der Waals surface area contributed by atoms with Gasteiger partial charge >= 0.3 is 5.91 Å². The summed E-state index contributed by atoms with van der Waals surface area (Å²) >= 11 is 1.22. The molecule has 1 amide bonds. The Bertz CT molecular complexity index is 1210. The van der Waals surface area contributed by atoms with Gasteiger partial charge in [-0.15, -0.1) is 10.2 Å². The Morgan fingerprint density at radius 3 is 2.30 bits per heavy atom. The maximum absolute atomic E-state index is 13.2. The van der Waals surface area contributed by atoms with Crippen LogP contribution in [0, 0.1) is 6.92 Å². The van der Waals surface area contributed by atoms with Crippen molar-refractivity contribution in [3.8, 4) is 5.75 Å². The largest absolute Gasteiger partial charge is 0.507 e. The van der Waals surface area contributed by atoms with Gasteiger partial charge in [0, 0.05) is 5.56 Å². The number of carbonyl (C=O) groups is 2. The zero-order chi connectivity index (χ0) is 23.7. The zero-order valence-corrected chi connectivity index (χ0v) is 19.7. The fourth-order valence-corrected chi connectivity index (χ4v) is 4.54. The van der Waals surface area contributed by atoms with Crippen molar-refractivity contribution in [1.29, 1.82) is 0 Å². The second kappa shape index (κ2) is 9.15.